The van der Waals surface area contributed by atoms with E-state index in [1.165, 1.54) is 0 Å². The highest BCUT2D eigenvalue weighted by molar-refractivity contribution is 7.03. The Labute approximate surface area is 158 Å². The van der Waals surface area contributed by atoms with Gasteiger partial charge < -0.3 is 15.0 Å². The first kappa shape index (κ1) is 16.9. The van der Waals surface area contributed by atoms with Crippen molar-refractivity contribution in [1.82, 2.24) is 24.8 Å². The molecule has 2 aromatic heterocycles. The Morgan fingerprint density at radius 2 is 1.81 bits per heavy atom. The molecule has 0 fully saturated rings. The molecule has 9 heteroatoms. The molecule has 0 bridgehead atoms. The van der Waals surface area contributed by atoms with E-state index in [0.717, 1.165) is 28.4 Å². The summed E-state index contributed by atoms with van der Waals surface area (Å²) in [6, 6.07) is 14.9. The Morgan fingerprint density at radius 1 is 1.04 bits per heavy atom. The van der Waals surface area contributed by atoms with Gasteiger partial charge >= 0.3 is 0 Å². The van der Waals surface area contributed by atoms with Gasteiger partial charge in [-0.3, -0.25) is 4.79 Å². The van der Waals surface area contributed by atoms with E-state index in [0.29, 0.717) is 23.0 Å². The summed E-state index contributed by atoms with van der Waals surface area (Å²) in [7, 11) is 1.62. The predicted molar refractivity (Wildman–Crippen MR) is 102 cm³/mol. The van der Waals surface area contributed by atoms with Gasteiger partial charge in [-0.15, -0.1) is 15.3 Å². The lowest BCUT2D eigenvalue weighted by Crippen LogP contribution is -2.12. The third-order valence-corrected chi connectivity index (χ3v) is 4.34. The van der Waals surface area contributed by atoms with E-state index in [4.69, 9.17) is 4.74 Å². The Balaban J connectivity index is 1.51. The Hall–Kier alpha value is -3.59. The van der Waals surface area contributed by atoms with Crippen LogP contribution in [-0.4, -0.2) is 37.8 Å². The number of hydrogen-bond acceptors (Lipinski definition) is 7. The van der Waals surface area contributed by atoms with E-state index < -0.39 is 0 Å². The van der Waals surface area contributed by atoms with Gasteiger partial charge in [-0.1, -0.05) is 16.6 Å². The summed E-state index contributed by atoms with van der Waals surface area (Å²) in [6.45, 7) is 0. The average Bonchev–Trinajstić information content (AvgIpc) is 3.41. The number of carbonyl (C=O) groups is 1. The number of ether oxygens (including phenoxy) is 1. The minimum atomic E-state index is -0.295. The van der Waals surface area contributed by atoms with Gasteiger partial charge in [0.15, 0.2) is 17.3 Å². The van der Waals surface area contributed by atoms with Gasteiger partial charge in [-0.25, -0.2) is 0 Å². The first-order valence-corrected chi connectivity index (χ1v) is 8.82. The Bertz CT molecular complexity index is 1060. The molecule has 0 aliphatic heterocycles. The van der Waals surface area contributed by atoms with Gasteiger partial charge in [0.1, 0.15) is 5.75 Å². The second kappa shape index (κ2) is 7.34. The number of nitrogens with one attached hydrogen (secondary N) is 2. The lowest BCUT2D eigenvalue weighted by molar-refractivity contribution is 0.102. The van der Waals surface area contributed by atoms with Gasteiger partial charge in [0.25, 0.3) is 5.91 Å². The molecule has 8 nitrogen and oxygen atoms in total. The number of aromatic nitrogens is 5. The van der Waals surface area contributed by atoms with Gasteiger partial charge in [0.2, 0.25) is 0 Å². The molecule has 0 spiro atoms. The van der Waals surface area contributed by atoms with Gasteiger partial charge in [-0.2, -0.15) is 0 Å². The highest BCUT2D eigenvalue weighted by Gasteiger charge is 2.11. The van der Waals surface area contributed by atoms with Crippen LogP contribution in [0.3, 0.4) is 0 Å². The van der Waals surface area contributed by atoms with Crippen molar-refractivity contribution in [3.8, 4) is 28.5 Å². The minimum Gasteiger partial charge on any atom is -0.497 e. The van der Waals surface area contributed by atoms with Crippen molar-refractivity contribution in [3.63, 3.8) is 0 Å². The first-order valence-electron chi connectivity index (χ1n) is 7.99. The van der Waals surface area contributed by atoms with Crippen LogP contribution in [0.1, 0.15) is 10.5 Å². The first-order chi connectivity index (χ1) is 13.2. The topological polar surface area (TPSA) is 106 Å². The number of aromatic amines is 1. The molecule has 0 aliphatic rings. The summed E-state index contributed by atoms with van der Waals surface area (Å²) in [5.74, 6) is 1.74. The number of methoxy groups -OCH3 is 1. The van der Waals surface area contributed by atoms with Gasteiger partial charge in [0.05, 0.1) is 7.11 Å². The molecule has 0 saturated carbocycles. The van der Waals surface area contributed by atoms with Crippen LogP contribution in [0, 0.1) is 0 Å². The maximum atomic E-state index is 12.0. The maximum Gasteiger partial charge on any atom is 0.277 e. The molecule has 0 radical (unpaired) electrons. The Morgan fingerprint density at radius 3 is 2.52 bits per heavy atom. The summed E-state index contributed by atoms with van der Waals surface area (Å²) in [5, 5.41) is 16.5. The third-order valence-electron chi connectivity index (χ3n) is 3.84. The molecule has 27 heavy (non-hydrogen) atoms. The molecule has 0 saturated heterocycles. The van der Waals surface area contributed by atoms with Crippen molar-refractivity contribution in [1.29, 1.82) is 0 Å². The highest BCUT2D eigenvalue weighted by Crippen LogP contribution is 2.24. The van der Waals surface area contributed by atoms with Crippen LogP contribution in [0.4, 0.5) is 5.69 Å². The number of amides is 1. The molecule has 2 aromatic carbocycles. The zero-order chi connectivity index (χ0) is 18.6. The molecule has 4 aromatic rings. The van der Waals surface area contributed by atoms with Crippen LogP contribution in [-0.2, 0) is 0 Å². The van der Waals surface area contributed by atoms with Crippen molar-refractivity contribution >= 4 is 23.1 Å². The van der Waals surface area contributed by atoms with Crippen molar-refractivity contribution in [2.75, 3.05) is 12.4 Å². The number of benzene rings is 2. The van der Waals surface area contributed by atoms with Crippen molar-refractivity contribution in [3.05, 3.63) is 59.6 Å². The number of carbonyl (C=O) groups excluding carboxylic acids is 1. The quantitative estimate of drug-likeness (QED) is 0.552. The number of anilines is 1. The van der Waals surface area contributed by atoms with E-state index in [1.54, 1.807) is 24.6 Å². The van der Waals surface area contributed by atoms with Crippen LogP contribution >= 0.6 is 11.5 Å². The summed E-state index contributed by atoms with van der Waals surface area (Å²) >= 11 is 1.13. The van der Waals surface area contributed by atoms with E-state index >= 15 is 0 Å². The second-order valence-electron chi connectivity index (χ2n) is 5.58. The fourth-order valence-corrected chi connectivity index (χ4v) is 2.90. The van der Waals surface area contributed by atoms with Crippen LogP contribution in [0.2, 0.25) is 0 Å². The highest BCUT2D eigenvalue weighted by atomic mass is 32.1. The number of rotatable bonds is 5. The minimum absolute atomic E-state index is 0.294. The molecule has 4 rings (SSSR count). The SMILES string of the molecule is COc1cccc(-c2nnc(-c3ccc(NC(=O)c4csnn4)cc3)[nH]2)c1. The summed E-state index contributed by atoms with van der Waals surface area (Å²) in [6.07, 6.45) is 0. The fraction of sp³-hybridized carbons (Fsp3) is 0.0556. The maximum absolute atomic E-state index is 12.0. The van der Waals surface area contributed by atoms with Crippen molar-refractivity contribution in [2.24, 2.45) is 0 Å². The van der Waals surface area contributed by atoms with Crippen LogP contribution < -0.4 is 10.1 Å². The zero-order valence-electron chi connectivity index (χ0n) is 14.2. The monoisotopic (exact) mass is 378 g/mol. The largest absolute Gasteiger partial charge is 0.497 e. The Kier molecular flexibility index (Phi) is 4.58. The number of H-pyrrole nitrogens is 1. The van der Waals surface area contributed by atoms with E-state index in [1.807, 2.05) is 36.4 Å². The summed E-state index contributed by atoms with van der Waals surface area (Å²) < 4.78 is 8.92. The molecular weight excluding hydrogens is 364 g/mol. The van der Waals surface area contributed by atoms with Crippen LogP contribution in [0.15, 0.2) is 53.9 Å². The fourth-order valence-electron chi connectivity index (χ4n) is 2.46. The normalized spacial score (nSPS) is 10.6. The molecule has 134 valence electrons. The van der Waals surface area contributed by atoms with E-state index in [-0.39, 0.29) is 5.91 Å². The van der Waals surface area contributed by atoms with E-state index in [2.05, 4.69) is 30.1 Å². The molecular formula is C18H14N6O2S. The average molecular weight is 378 g/mol. The summed E-state index contributed by atoms with van der Waals surface area (Å²) in [4.78, 5) is 15.2. The van der Waals surface area contributed by atoms with Crippen LogP contribution in [0.5, 0.6) is 5.75 Å². The van der Waals surface area contributed by atoms with Crippen LogP contribution in [0.25, 0.3) is 22.8 Å². The third kappa shape index (κ3) is 3.67. The van der Waals surface area contributed by atoms with Gasteiger partial charge in [0, 0.05) is 22.2 Å². The predicted octanol–water partition coefficient (Wildman–Crippen LogP) is 3.25. The smallest absolute Gasteiger partial charge is 0.277 e. The molecule has 0 unspecified atom stereocenters. The standard InChI is InChI=1S/C18H14N6O2S/c1-26-14-4-2-3-12(9-14)17-20-16(22-23-17)11-5-7-13(8-6-11)19-18(25)15-10-27-24-21-15/h2-10H,1H3,(H,19,25)(H,20,22,23). The number of nitrogens with zero attached hydrogens (tertiary/aromatic N) is 4. The molecule has 1 amide bonds. The molecule has 0 aliphatic carbocycles. The van der Waals surface area contributed by atoms with Gasteiger partial charge in [-0.05, 0) is 47.9 Å². The second-order valence-corrected chi connectivity index (χ2v) is 6.19. The molecule has 2 heterocycles. The lowest BCUT2D eigenvalue weighted by atomic mass is 10.2. The number of hydrogen-bond donors (Lipinski definition) is 2. The zero-order valence-corrected chi connectivity index (χ0v) is 15.0. The molecule has 2 N–H and O–H groups in total. The van der Waals surface area contributed by atoms with Crippen molar-refractivity contribution < 1.29 is 9.53 Å². The summed E-state index contributed by atoms with van der Waals surface area (Å²) in [5.41, 5.74) is 2.69. The van der Waals surface area contributed by atoms with Crippen molar-refractivity contribution in [2.45, 2.75) is 0 Å². The lowest BCUT2D eigenvalue weighted by Gasteiger charge is -2.04. The van der Waals surface area contributed by atoms with E-state index in [9.17, 15) is 4.79 Å². The molecule has 0 atom stereocenters.